The SMILES string of the molecule is C=CCOC(=O)NCCCCC1NC(=O)[C@H](CC(=O)O)NC(=O)C(CCNC(=O)OCC=C)NC(=O)C(NC(=O)C[C@H](O)CCCCCCCCCCC)COC(=O)C([C@H](O)CCl)NC(=O)/C(=C\C)NC(=O)C([C@H](C)O)NC(=O)[C@H](CCNC(=O)OCC=C)NC(=O)C([C@H](O)C(=O)O)NC1=O. The predicted octanol–water partition coefficient (Wildman–Crippen LogP) is -2.30. The number of amides is 12. The van der Waals surface area contributed by atoms with Crippen LogP contribution in [0.3, 0.4) is 0 Å². The highest BCUT2D eigenvalue weighted by atomic mass is 35.5. The Bertz CT molecular complexity index is 2830. The van der Waals surface area contributed by atoms with Crippen LogP contribution in [0.5, 0.6) is 0 Å². The second-order valence-electron chi connectivity index (χ2n) is 22.9. The number of alkyl carbamates (subject to hydrolysis) is 3. The Kier molecular flexibility index (Phi) is 45.0. The fourth-order valence-electron chi connectivity index (χ4n) is 9.26. The molecule has 0 radical (unpaired) electrons. The number of carbonyl (C=O) groups excluding carboxylic acids is 13. The monoisotopic (exact) mass is 1460 g/mol. The number of carbonyl (C=O) groups is 15. The largest absolute Gasteiger partial charge is 0.481 e. The summed E-state index contributed by atoms with van der Waals surface area (Å²) in [6, 6.07) is -17.4. The summed E-state index contributed by atoms with van der Waals surface area (Å²) in [4.78, 5) is 204. The second-order valence-corrected chi connectivity index (χ2v) is 23.3. The van der Waals surface area contributed by atoms with E-state index in [1.807, 2.05) is 5.32 Å². The summed E-state index contributed by atoms with van der Waals surface area (Å²) in [5, 5.41) is 90.3. The Hall–Kier alpha value is -9.46. The van der Waals surface area contributed by atoms with E-state index in [2.05, 4.69) is 85.1 Å². The molecule has 12 atom stereocenters. The van der Waals surface area contributed by atoms with Gasteiger partial charge in [-0.25, -0.2) is 24.0 Å². The molecule has 38 heteroatoms. The lowest BCUT2D eigenvalue weighted by molar-refractivity contribution is -0.153. The van der Waals surface area contributed by atoms with Gasteiger partial charge >= 0.3 is 36.2 Å². The van der Waals surface area contributed by atoms with Crippen molar-refractivity contribution in [2.24, 2.45) is 0 Å². The zero-order chi connectivity index (χ0) is 76.0. The number of unbranched alkanes of at least 4 members (excludes halogenated alkanes) is 9. The van der Waals surface area contributed by atoms with Crippen molar-refractivity contribution >= 4 is 101 Å². The highest BCUT2D eigenvalue weighted by molar-refractivity contribution is 6.18. The van der Waals surface area contributed by atoms with E-state index in [-0.39, 0.29) is 45.6 Å². The van der Waals surface area contributed by atoms with Crippen molar-refractivity contribution in [1.82, 2.24) is 63.8 Å². The first-order chi connectivity index (χ1) is 48.0. The summed E-state index contributed by atoms with van der Waals surface area (Å²) in [6.07, 6.45) is -2.16. The molecule has 0 aliphatic carbocycles. The van der Waals surface area contributed by atoms with E-state index in [9.17, 15) is 103 Å². The molecule has 0 aromatic rings. The van der Waals surface area contributed by atoms with Gasteiger partial charge in [-0.15, -0.1) is 11.6 Å². The van der Waals surface area contributed by atoms with Crippen LogP contribution in [0.2, 0.25) is 0 Å². The summed E-state index contributed by atoms with van der Waals surface area (Å²) >= 11 is 5.95. The number of aliphatic carboxylic acids is 2. The minimum atomic E-state index is -2.93. The van der Waals surface area contributed by atoms with Gasteiger partial charge in [-0.05, 0) is 52.4 Å². The van der Waals surface area contributed by atoms with Gasteiger partial charge in [-0.3, -0.25) is 47.9 Å². The van der Waals surface area contributed by atoms with E-state index in [0.29, 0.717) is 12.8 Å². The van der Waals surface area contributed by atoms with Crippen molar-refractivity contribution in [2.45, 2.75) is 203 Å². The number of hydrogen-bond donors (Lipinski definition) is 18. The van der Waals surface area contributed by atoms with E-state index in [1.165, 1.54) is 25.2 Å². The van der Waals surface area contributed by atoms with E-state index < -0.39 is 225 Å². The molecule has 37 nitrogen and oxygen atoms in total. The van der Waals surface area contributed by atoms with Gasteiger partial charge in [0, 0.05) is 19.6 Å². The van der Waals surface area contributed by atoms with Crippen LogP contribution in [0, 0.1) is 0 Å². The molecule has 101 heavy (non-hydrogen) atoms. The maximum atomic E-state index is 14.6. The van der Waals surface area contributed by atoms with Gasteiger partial charge in [0.15, 0.2) is 12.1 Å². The molecule has 1 aliphatic rings. The van der Waals surface area contributed by atoms with Crippen molar-refractivity contribution in [1.29, 1.82) is 0 Å². The Morgan fingerprint density at radius 3 is 1.53 bits per heavy atom. The lowest BCUT2D eigenvalue weighted by atomic mass is 10.0. The Labute approximate surface area is 588 Å². The number of aliphatic hydroxyl groups excluding tert-OH is 4. The van der Waals surface area contributed by atoms with E-state index >= 15 is 0 Å². The minimum absolute atomic E-state index is 0.0342. The summed E-state index contributed by atoms with van der Waals surface area (Å²) in [6.45, 7) is 11.2. The highest BCUT2D eigenvalue weighted by Gasteiger charge is 2.41. The van der Waals surface area contributed by atoms with E-state index in [4.69, 9.17) is 30.5 Å². The van der Waals surface area contributed by atoms with Crippen LogP contribution in [-0.2, 0) is 76.5 Å². The number of hydrogen-bond acceptors (Lipinski definition) is 23. The number of alkyl halides is 1. The number of carboxylic acid groups (broad SMARTS) is 2. The van der Waals surface area contributed by atoms with Crippen molar-refractivity contribution < 1.29 is 122 Å². The fraction of sp³-hybridized carbons (Fsp3) is 0.635. The number of allylic oxidation sites excluding steroid dienone is 1. The van der Waals surface area contributed by atoms with Gasteiger partial charge in [-0.1, -0.05) is 109 Å². The highest BCUT2D eigenvalue weighted by Crippen LogP contribution is 2.14. The smallest absolute Gasteiger partial charge is 0.407 e. The summed E-state index contributed by atoms with van der Waals surface area (Å²) in [5.74, 6) is -19.2. The number of carboxylic acids is 2. The lowest BCUT2D eigenvalue weighted by Crippen LogP contribution is -2.63. The predicted molar refractivity (Wildman–Crippen MR) is 357 cm³/mol. The van der Waals surface area contributed by atoms with Gasteiger partial charge in [0.2, 0.25) is 47.3 Å². The molecule has 1 fully saturated rings. The molecule has 1 aliphatic heterocycles. The van der Waals surface area contributed by atoms with Gasteiger partial charge in [-0.2, -0.15) is 0 Å². The number of ether oxygens (including phenoxy) is 4. The molecule has 0 aromatic carbocycles. The third kappa shape index (κ3) is 37.0. The first-order valence-corrected chi connectivity index (χ1v) is 33.4. The van der Waals surface area contributed by atoms with Crippen LogP contribution >= 0.6 is 11.6 Å². The van der Waals surface area contributed by atoms with Crippen molar-refractivity contribution in [3.63, 3.8) is 0 Å². The minimum Gasteiger partial charge on any atom is -0.481 e. The van der Waals surface area contributed by atoms with Gasteiger partial charge in [0.05, 0.1) is 37.0 Å². The van der Waals surface area contributed by atoms with E-state index in [0.717, 1.165) is 57.9 Å². The Morgan fingerprint density at radius 1 is 0.574 bits per heavy atom. The maximum Gasteiger partial charge on any atom is 0.407 e. The quantitative estimate of drug-likeness (QED) is 0.00777. The third-order valence-electron chi connectivity index (χ3n) is 14.7. The number of esters is 1. The average Bonchev–Trinajstić information content (AvgIpc) is 0.849. The average molecular weight is 1460 g/mol. The van der Waals surface area contributed by atoms with Crippen LogP contribution < -0.4 is 63.8 Å². The Morgan fingerprint density at radius 2 is 1.04 bits per heavy atom. The molecule has 0 aromatic heterocycles. The number of aliphatic hydroxyl groups is 4. The Balaban J connectivity index is 4.33. The van der Waals surface area contributed by atoms with Crippen molar-refractivity contribution in [2.75, 3.05) is 51.9 Å². The fourth-order valence-corrected chi connectivity index (χ4v) is 9.44. The first-order valence-electron chi connectivity index (χ1n) is 32.8. The molecule has 1 rings (SSSR count). The number of nitrogens with one attached hydrogen (secondary N) is 12. The second kappa shape index (κ2) is 50.8. The molecule has 568 valence electrons. The molecule has 18 N–H and O–H groups in total. The van der Waals surface area contributed by atoms with Gasteiger partial charge < -0.3 is 113 Å². The van der Waals surface area contributed by atoms with Crippen LogP contribution in [0.15, 0.2) is 49.7 Å². The maximum absolute atomic E-state index is 14.6. The van der Waals surface area contributed by atoms with Crippen LogP contribution in [0.1, 0.15) is 130 Å². The number of halogens is 1. The molecule has 0 bridgehead atoms. The standard InChI is InChI=1S/C63H99ClN12O25/c1-7-12-13-14-15-16-17-18-19-22-37(78)32-45(80)68-43-35-101-60(94)48(44(79)34-64)75-51(84)38(11-5)69-57(90)47(36(6)77)74-54(87)41(25-28-67-63(97)100-31-10-4)72-58(91)49(50(83)59(92)93)76-53(86)39(23-20-21-26-65-61(95)98-29-8-2)70-55(88)42(33-46(81)82)73-52(85)40(71-56(43)89)24-27-66-62(96)99-30-9-3/h8-11,36-37,39-44,47-50,77-79,83H,2-4,7,12-35H2,1,5-6H3,(H,65,95)(H,66,96)(H,67,97)(H,68,80)(H,69,90)(H,70,88)(H,71,89)(H,72,91)(H,73,85)(H,74,87)(H,75,84)(H,76,86)(H,81,82)(H,92,93)/b38-11+/t36-,37+,39?,40?,41-,42-,43?,44+,47?,48?,49?,50-/m0/s1. The van der Waals surface area contributed by atoms with Crippen molar-refractivity contribution in [3.8, 4) is 0 Å². The zero-order valence-electron chi connectivity index (χ0n) is 56.9. The lowest BCUT2D eigenvalue weighted by Gasteiger charge is -2.29. The van der Waals surface area contributed by atoms with Crippen LogP contribution in [-0.4, -0.2) is 245 Å². The van der Waals surface area contributed by atoms with Crippen molar-refractivity contribution in [3.05, 3.63) is 49.7 Å². The summed E-state index contributed by atoms with van der Waals surface area (Å²) in [5.41, 5.74) is -0.755. The normalized spacial score (nSPS) is 21.8. The molecular formula is C63H99ClN12O25. The molecule has 0 spiro atoms. The first kappa shape index (κ1) is 89.6. The number of rotatable bonds is 37. The summed E-state index contributed by atoms with van der Waals surface area (Å²) in [7, 11) is 0. The van der Waals surface area contributed by atoms with Gasteiger partial charge in [0.1, 0.15) is 74.4 Å². The molecule has 6 unspecified atom stereocenters. The van der Waals surface area contributed by atoms with Crippen LogP contribution in [0.25, 0.3) is 0 Å². The summed E-state index contributed by atoms with van der Waals surface area (Å²) < 4.78 is 20.0. The third-order valence-corrected chi connectivity index (χ3v) is 15.0. The molecule has 1 saturated heterocycles. The molecule has 12 amide bonds. The molecule has 1 heterocycles. The van der Waals surface area contributed by atoms with E-state index in [1.54, 1.807) is 0 Å². The molecule has 0 saturated carbocycles. The van der Waals surface area contributed by atoms with Gasteiger partial charge in [0.25, 0.3) is 5.91 Å². The zero-order valence-corrected chi connectivity index (χ0v) is 57.6. The van der Waals surface area contributed by atoms with Crippen LogP contribution in [0.4, 0.5) is 14.4 Å². The topological polar surface area (TPSA) is 559 Å². The number of cyclic esters (lactones) is 1. The molecular weight excluding hydrogens is 1360 g/mol.